The van der Waals surface area contributed by atoms with Crippen molar-refractivity contribution >= 4 is 14.0 Å². The molecule has 0 bridgehead atoms. The van der Waals surface area contributed by atoms with Gasteiger partial charge in [-0.2, -0.15) is 5.10 Å². The van der Waals surface area contributed by atoms with Crippen LogP contribution in [0, 0.1) is 0 Å². The molecule has 1 heterocycles. The van der Waals surface area contributed by atoms with E-state index in [0.29, 0.717) is 25.6 Å². The van der Waals surface area contributed by atoms with Gasteiger partial charge in [0.15, 0.2) is 14.2 Å². The third kappa shape index (κ3) is 10.1. The Hall–Kier alpha value is -1.35. The Balaban J connectivity index is 2.44. The van der Waals surface area contributed by atoms with Crippen LogP contribution >= 0.6 is 0 Å². The zero-order valence-electron chi connectivity index (χ0n) is 21.9. The number of rotatable bonds is 14. The normalized spacial score (nSPS) is 18.8. The van der Waals surface area contributed by atoms with Crippen molar-refractivity contribution < 1.29 is 13.9 Å². The minimum atomic E-state index is -1.70. The monoisotopic (exact) mass is 468 g/mol. The van der Waals surface area contributed by atoms with E-state index >= 15 is 0 Å². The van der Waals surface area contributed by atoms with Crippen molar-refractivity contribution in [3.8, 4) is 0 Å². The van der Waals surface area contributed by atoms with Gasteiger partial charge in [0.05, 0.1) is 18.9 Å². The van der Waals surface area contributed by atoms with E-state index in [2.05, 4.69) is 59.4 Å². The predicted molar refractivity (Wildman–Crippen MR) is 137 cm³/mol. The Morgan fingerprint density at radius 2 is 2.00 bits per heavy atom. The molecule has 1 aliphatic rings. The molecule has 2 unspecified atom stereocenters. The summed E-state index contributed by atoms with van der Waals surface area (Å²) in [6, 6.07) is 0.120. The van der Waals surface area contributed by atoms with Gasteiger partial charge in [0.25, 0.3) is 0 Å². The summed E-state index contributed by atoms with van der Waals surface area (Å²) >= 11 is 0. The highest BCUT2D eigenvalue weighted by Crippen LogP contribution is 2.36. The molecule has 0 spiro atoms. The lowest BCUT2D eigenvalue weighted by Gasteiger charge is -2.36. The van der Waals surface area contributed by atoms with Crippen molar-refractivity contribution in [3.05, 3.63) is 25.1 Å². The van der Waals surface area contributed by atoms with Crippen molar-refractivity contribution in [1.29, 1.82) is 0 Å². The molecule has 1 rings (SSSR count). The van der Waals surface area contributed by atoms with Gasteiger partial charge in [0.2, 0.25) is 0 Å². The highest BCUT2D eigenvalue weighted by molar-refractivity contribution is 6.74. The second-order valence-corrected chi connectivity index (χ2v) is 15.0. The van der Waals surface area contributed by atoms with Crippen molar-refractivity contribution in [2.24, 2.45) is 5.10 Å². The van der Waals surface area contributed by atoms with E-state index in [1.165, 1.54) is 0 Å². The quantitative estimate of drug-likeness (QED) is 0.126. The lowest BCUT2D eigenvalue weighted by molar-refractivity contribution is -0.0895. The lowest BCUT2D eigenvalue weighted by Crippen LogP contribution is -2.48. The number of hydrazine groups is 1. The van der Waals surface area contributed by atoms with E-state index in [1.807, 2.05) is 24.0 Å². The van der Waals surface area contributed by atoms with Crippen molar-refractivity contribution in [3.63, 3.8) is 0 Å². The molecule has 0 aromatic heterocycles. The van der Waals surface area contributed by atoms with E-state index in [9.17, 15) is 0 Å². The summed E-state index contributed by atoms with van der Waals surface area (Å²) in [5.74, 6) is 0.593. The van der Waals surface area contributed by atoms with E-state index in [-0.39, 0.29) is 17.3 Å². The van der Waals surface area contributed by atoms with E-state index in [4.69, 9.17) is 19.0 Å². The fraction of sp³-hybridized carbons (Fsp3) is 0.792. The molecule has 186 valence electrons. The summed E-state index contributed by atoms with van der Waals surface area (Å²) in [6.45, 7) is 26.0. The molecule has 1 fully saturated rings. The van der Waals surface area contributed by atoms with Gasteiger partial charge in [-0.15, -0.1) is 0 Å². The minimum Gasteiger partial charge on any atom is -0.479 e. The number of ether oxygens (including phenoxy) is 2. The largest absolute Gasteiger partial charge is 0.479 e. The second-order valence-electron chi connectivity index (χ2n) is 10.2. The zero-order valence-corrected chi connectivity index (χ0v) is 22.9. The Labute approximate surface area is 197 Å². The van der Waals surface area contributed by atoms with Crippen LogP contribution in [0.3, 0.4) is 0 Å². The standard InChI is InChI=1S/C24H48N4O3Si/c1-11-20(2)26-28(23-15-12-13-16-30-23)19-21(3)25-27(8)22(4)29-17-14-18-31-32(9,10)24(5,6)7/h11,21,23,25H,1,4,12-19H2,2-3,5-10H3/b26-20+. The van der Waals surface area contributed by atoms with E-state index < -0.39 is 8.32 Å². The first-order valence-corrected chi connectivity index (χ1v) is 14.8. The van der Waals surface area contributed by atoms with Gasteiger partial charge in [-0.25, -0.2) is 5.43 Å². The van der Waals surface area contributed by atoms with Crippen molar-refractivity contribution in [2.45, 2.75) is 90.7 Å². The molecule has 8 heteroatoms. The van der Waals surface area contributed by atoms with Gasteiger partial charge in [0.1, 0.15) is 6.23 Å². The van der Waals surface area contributed by atoms with Gasteiger partial charge in [-0.1, -0.05) is 27.4 Å². The maximum absolute atomic E-state index is 6.21. The number of allylic oxidation sites excluding steroid dienone is 1. The van der Waals surface area contributed by atoms with Gasteiger partial charge < -0.3 is 13.9 Å². The van der Waals surface area contributed by atoms with Crippen LogP contribution in [0.1, 0.15) is 60.3 Å². The maximum Gasteiger partial charge on any atom is 0.196 e. The molecule has 1 aliphatic heterocycles. The van der Waals surface area contributed by atoms with Crippen LogP contribution in [-0.2, 0) is 13.9 Å². The molecule has 0 saturated carbocycles. The fourth-order valence-corrected chi connectivity index (χ4v) is 4.13. The van der Waals surface area contributed by atoms with E-state index in [0.717, 1.165) is 38.0 Å². The lowest BCUT2D eigenvalue weighted by atomic mass is 10.2. The molecule has 0 aromatic rings. The fourth-order valence-electron chi connectivity index (χ4n) is 3.04. The first-order chi connectivity index (χ1) is 14.9. The van der Waals surface area contributed by atoms with Gasteiger partial charge in [0, 0.05) is 32.7 Å². The number of nitrogens with zero attached hydrogens (tertiary/aromatic N) is 3. The smallest absolute Gasteiger partial charge is 0.196 e. The van der Waals surface area contributed by atoms with Crippen molar-refractivity contribution in [2.75, 3.05) is 33.4 Å². The third-order valence-corrected chi connectivity index (χ3v) is 10.7. The summed E-state index contributed by atoms with van der Waals surface area (Å²) < 4.78 is 18.0. The average molecular weight is 469 g/mol. The summed E-state index contributed by atoms with van der Waals surface area (Å²) in [4.78, 5) is 0. The number of hydrogen-bond donors (Lipinski definition) is 1. The minimum absolute atomic E-state index is 0.00792. The van der Waals surface area contributed by atoms with Crippen LogP contribution in [0.5, 0.6) is 0 Å². The Morgan fingerprint density at radius 3 is 2.56 bits per heavy atom. The molecular formula is C24H48N4O3Si. The van der Waals surface area contributed by atoms with Crippen LogP contribution < -0.4 is 5.43 Å². The first-order valence-electron chi connectivity index (χ1n) is 11.9. The molecule has 0 radical (unpaired) electrons. The topological polar surface area (TPSA) is 58.6 Å². The molecule has 0 aromatic carbocycles. The van der Waals surface area contributed by atoms with Crippen LogP contribution in [-0.4, -0.2) is 69.7 Å². The van der Waals surface area contributed by atoms with Gasteiger partial charge >= 0.3 is 0 Å². The number of nitrogens with one attached hydrogen (secondary N) is 1. The average Bonchev–Trinajstić information content (AvgIpc) is 2.72. The summed E-state index contributed by atoms with van der Waals surface area (Å²) in [5.41, 5.74) is 4.30. The third-order valence-electron chi connectivity index (χ3n) is 6.15. The van der Waals surface area contributed by atoms with Crippen molar-refractivity contribution in [1.82, 2.24) is 15.4 Å². The molecular weight excluding hydrogens is 420 g/mol. The summed E-state index contributed by atoms with van der Waals surface area (Å²) in [5, 5.41) is 8.79. The molecule has 0 aliphatic carbocycles. The SMILES string of the molecule is C=C/C(C)=N/N(CC(C)NN(C)C(=C)OCCCO[Si](C)(C)C(C)(C)C)C1CCCCO1. The number of hydrazone groups is 1. The van der Waals surface area contributed by atoms with Gasteiger partial charge in [-0.05, 0) is 63.9 Å². The first kappa shape index (κ1) is 28.7. The Morgan fingerprint density at radius 1 is 1.31 bits per heavy atom. The van der Waals surface area contributed by atoms with Crippen LogP contribution in [0.4, 0.5) is 0 Å². The molecule has 1 N–H and O–H groups in total. The van der Waals surface area contributed by atoms with E-state index in [1.54, 1.807) is 6.08 Å². The maximum atomic E-state index is 6.21. The van der Waals surface area contributed by atoms with Crippen LogP contribution in [0.15, 0.2) is 30.2 Å². The molecule has 0 amide bonds. The molecule has 7 nitrogen and oxygen atoms in total. The highest BCUT2D eigenvalue weighted by Gasteiger charge is 2.36. The highest BCUT2D eigenvalue weighted by atomic mass is 28.4. The number of hydrogen-bond acceptors (Lipinski definition) is 7. The molecule has 1 saturated heterocycles. The zero-order chi connectivity index (χ0) is 24.4. The molecule has 2 atom stereocenters. The Bertz CT molecular complexity index is 613. The van der Waals surface area contributed by atoms with Crippen LogP contribution in [0.25, 0.3) is 0 Å². The molecule has 32 heavy (non-hydrogen) atoms. The van der Waals surface area contributed by atoms with Gasteiger partial charge in [-0.3, -0.25) is 10.0 Å². The summed E-state index contributed by atoms with van der Waals surface area (Å²) in [7, 11) is 0.218. The summed E-state index contributed by atoms with van der Waals surface area (Å²) in [6.07, 6.45) is 5.89. The second kappa shape index (κ2) is 13.4. The Kier molecular flexibility index (Phi) is 12.0. The van der Waals surface area contributed by atoms with Crippen LogP contribution in [0.2, 0.25) is 18.1 Å². The predicted octanol–water partition coefficient (Wildman–Crippen LogP) is 5.10.